The molecule has 2 aliphatic rings. The van der Waals surface area contributed by atoms with Crippen LogP contribution in [0, 0.1) is 0 Å². The Morgan fingerprint density at radius 1 is 0.276 bits per heavy atom. The van der Waals surface area contributed by atoms with Gasteiger partial charge in [-0.1, -0.05) is 179 Å². The summed E-state index contributed by atoms with van der Waals surface area (Å²) in [6, 6.07) is 68.5. The third-order valence-electron chi connectivity index (χ3n) is 13.8. The summed E-state index contributed by atoms with van der Waals surface area (Å²) in [6.45, 7) is 9.67. The van der Waals surface area contributed by atoms with Gasteiger partial charge in [0.2, 0.25) is 0 Å². The molecule has 0 fully saturated rings. The van der Waals surface area contributed by atoms with E-state index in [1.807, 2.05) is 0 Å². The van der Waals surface area contributed by atoms with Crippen LogP contribution in [0.5, 0.6) is 0 Å². The van der Waals surface area contributed by atoms with E-state index >= 15 is 0 Å². The van der Waals surface area contributed by atoms with E-state index < -0.39 is 0 Å². The first-order valence-corrected chi connectivity index (χ1v) is 20.7. The average molecular weight is 739 g/mol. The molecule has 274 valence electrons. The van der Waals surface area contributed by atoms with Gasteiger partial charge >= 0.3 is 0 Å². The van der Waals surface area contributed by atoms with Crippen LogP contribution in [-0.2, 0) is 10.8 Å². The monoisotopic (exact) mass is 738 g/mol. The highest BCUT2D eigenvalue weighted by Gasteiger charge is 2.45. The second kappa shape index (κ2) is 11.9. The molecule has 10 aromatic carbocycles. The maximum atomic E-state index is 2.45. The van der Waals surface area contributed by atoms with Crippen LogP contribution in [0.1, 0.15) is 49.9 Å². The second-order valence-corrected chi connectivity index (χ2v) is 17.7. The zero-order valence-corrected chi connectivity index (χ0v) is 33.3. The molecular formula is C58H42. The molecule has 12 rings (SSSR count). The molecule has 0 N–H and O–H groups in total. The normalized spacial score (nSPS) is 14.5. The van der Waals surface area contributed by atoms with Crippen molar-refractivity contribution in [3.05, 3.63) is 204 Å². The Hall–Kier alpha value is -6.76. The van der Waals surface area contributed by atoms with Gasteiger partial charge in [-0.3, -0.25) is 0 Å². The lowest BCUT2D eigenvalue weighted by molar-refractivity contribution is 0.601. The lowest BCUT2D eigenvalue weighted by Crippen LogP contribution is -2.24. The first-order chi connectivity index (χ1) is 28.3. The molecule has 0 saturated carbocycles. The van der Waals surface area contributed by atoms with Gasteiger partial charge in [0.1, 0.15) is 0 Å². The summed E-state index contributed by atoms with van der Waals surface area (Å²) < 4.78 is 0. The zero-order valence-electron chi connectivity index (χ0n) is 33.3. The molecule has 58 heavy (non-hydrogen) atoms. The van der Waals surface area contributed by atoms with E-state index in [0.29, 0.717) is 0 Å². The Kier molecular flexibility index (Phi) is 6.84. The average Bonchev–Trinajstić information content (AvgIpc) is 3.64. The molecular weight excluding hydrogens is 697 g/mol. The topological polar surface area (TPSA) is 0 Å². The summed E-state index contributed by atoms with van der Waals surface area (Å²) >= 11 is 0. The van der Waals surface area contributed by atoms with Crippen molar-refractivity contribution in [3.8, 4) is 55.6 Å². The summed E-state index contributed by atoms with van der Waals surface area (Å²) in [5.74, 6) is 0. The summed E-state index contributed by atoms with van der Waals surface area (Å²) in [5.41, 5.74) is 18.7. The van der Waals surface area contributed by atoms with Crippen LogP contribution in [0.2, 0.25) is 0 Å². The Morgan fingerprint density at radius 3 is 1.59 bits per heavy atom. The first-order valence-electron chi connectivity index (χ1n) is 20.7. The number of hydrogen-bond donors (Lipinski definition) is 0. The standard InChI is InChI=1S/C58H42/c1-57(2)52-19-10-9-17-46(52)48-27-28-49-51-33-41(26-29-53(51)58(3,4)56(49)55(48)57)37-14-11-13-36(30-37)38-21-22-40-32-42(24-23-39(40)31-38)50-34-43-25-20-35-12-5-6-15-44(35)54(43)47-18-8-7-16-45(47)50/h5-34H,1-4H3. The Labute approximate surface area is 340 Å². The quantitative estimate of drug-likeness (QED) is 0.158. The molecule has 2 aliphatic carbocycles. The van der Waals surface area contributed by atoms with E-state index in [0.717, 1.165) is 0 Å². The first kappa shape index (κ1) is 33.4. The van der Waals surface area contributed by atoms with Crippen molar-refractivity contribution in [2.45, 2.75) is 38.5 Å². The number of fused-ring (bicyclic) bond motifs is 13. The van der Waals surface area contributed by atoms with Gasteiger partial charge in [-0.15, -0.1) is 0 Å². The van der Waals surface area contributed by atoms with Crippen LogP contribution in [-0.4, -0.2) is 0 Å². The van der Waals surface area contributed by atoms with Crippen molar-refractivity contribution in [2.24, 2.45) is 0 Å². The van der Waals surface area contributed by atoms with Crippen molar-refractivity contribution in [3.63, 3.8) is 0 Å². The van der Waals surface area contributed by atoms with E-state index in [1.54, 1.807) is 0 Å². The van der Waals surface area contributed by atoms with Crippen LogP contribution in [0.3, 0.4) is 0 Å². The predicted octanol–water partition coefficient (Wildman–Crippen LogP) is 15.9. The molecule has 0 aromatic heterocycles. The molecule has 10 aromatic rings. The summed E-state index contributed by atoms with van der Waals surface area (Å²) in [6.07, 6.45) is 0. The van der Waals surface area contributed by atoms with Gasteiger partial charge in [0.15, 0.2) is 0 Å². The van der Waals surface area contributed by atoms with Gasteiger partial charge < -0.3 is 0 Å². The molecule has 0 heterocycles. The number of hydrogen-bond acceptors (Lipinski definition) is 0. The molecule has 0 unspecified atom stereocenters. The van der Waals surface area contributed by atoms with Crippen molar-refractivity contribution in [1.82, 2.24) is 0 Å². The molecule has 0 heteroatoms. The van der Waals surface area contributed by atoms with Crippen molar-refractivity contribution in [2.75, 3.05) is 0 Å². The fraction of sp³-hybridized carbons (Fsp3) is 0.103. The Bertz CT molecular complexity index is 3390. The van der Waals surface area contributed by atoms with Gasteiger partial charge in [0.25, 0.3) is 0 Å². The van der Waals surface area contributed by atoms with Gasteiger partial charge in [-0.2, -0.15) is 0 Å². The minimum Gasteiger partial charge on any atom is -0.0619 e. The van der Waals surface area contributed by atoms with Crippen molar-refractivity contribution in [1.29, 1.82) is 0 Å². The molecule has 0 amide bonds. The van der Waals surface area contributed by atoms with E-state index in [9.17, 15) is 0 Å². The smallest absolute Gasteiger partial charge is 0.0162 e. The van der Waals surface area contributed by atoms with Gasteiger partial charge in [0, 0.05) is 10.8 Å². The summed E-state index contributed by atoms with van der Waals surface area (Å²) in [5, 5.41) is 10.3. The van der Waals surface area contributed by atoms with Crippen LogP contribution in [0.15, 0.2) is 182 Å². The molecule has 0 radical (unpaired) electrons. The fourth-order valence-electron chi connectivity index (χ4n) is 11.0. The largest absolute Gasteiger partial charge is 0.0619 e. The lowest BCUT2D eigenvalue weighted by atomic mass is 9.72. The predicted molar refractivity (Wildman–Crippen MR) is 248 cm³/mol. The van der Waals surface area contributed by atoms with Gasteiger partial charge in [0.05, 0.1) is 0 Å². The van der Waals surface area contributed by atoms with E-state index in [2.05, 4.69) is 210 Å². The highest BCUT2D eigenvalue weighted by Crippen LogP contribution is 2.59. The molecule has 0 nitrogen and oxygen atoms in total. The van der Waals surface area contributed by atoms with Crippen LogP contribution < -0.4 is 0 Å². The molecule has 0 spiro atoms. The number of rotatable bonds is 3. The van der Waals surface area contributed by atoms with Crippen LogP contribution in [0.25, 0.3) is 98.7 Å². The third-order valence-corrected chi connectivity index (χ3v) is 13.8. The zero-order chi connectivity index (χ0) is 38.9. The lowest BCUT2D eigenvalue weighted by Gasteiger charge is -2.30. The molecule has 0 saturated heterocycles. The van der Waals surface area contributed by atoms with Crippen LogP contribution >= 0.6 is 0 Å². The molecule has 0 atom stereocenters. The maximum absolute atomic E-state index is 2.45. The van der Waals surface area contributed by atoms with E-state index in [1.165, 1.54) is 121 Å². The maximum Gasteiger partial charge on any atom is 0.0162 e. The number of benzene rings is 10. The van der Waals surface area contributed by atoms with Crippen molar-refractivity contribution >= 4 is 43.1 Å². The van der Waals surface area contributed by atoms with Crippen LogP contribution in [0.4, 0.5) is 0 Å². The highest BCUT2D eigenvalue weighted by molar-refractivity contribution is 6.23. The molecule has 0 aliphatic heterocycles. The summed E-state index contributed by atoms with van der Waals surface area (Å²) in [4.78, 5) is 0. The van der Waals surface area contributed by atoms with Gasteiger partial charge in [-0.25, -0.2) is 0 Å². The summed E-state index contributed by atoms with van der Waals surface area (Å²) in [7, 11) is 0. The Morgan fingerprint density at radius 2 is 0.810 bits per heavy atom. The van der Waals surface area contributed by atoms with Crippen molar-refractivity contribution < 1.29 is 0 Å². The van der Waals surface area contributed by atoms with Gasteiger partial charge in [-0.05, 0) is 151 Å². The Balaban J connectivity index is 0.910. The minimum absolute atomic E-state index is 0.0459. The van der Waals surface area contributed by atoms with E-state index in [-0.39, 0.29) is 10.8 Å². The van der Waals surface area contributed by atoms with E-state index in [4.69, 9.17) is 0 Å². The third kappa shape index (κ3) is 4.63. The second-order valence-electron chi connectivity index (χ2n) is 17.7. The highest BCUT2D eigenvalue weighted by atomic mass is 14.5. The minimum atomic E-state index is -0.0864. The SMILES string of the molecule is CC1(C)c2ccccc2-c2ccc3c(c21)C(C)(C)c1ccc(-c2cccc(-c4ccc5cc(-c6cc7ccc8ccccc8c7c7ccccc67)ccc5c4)c2)cc1-3. The molecule has 0 bridgehead atoms. The fourth-order valence-corrected chi connectivity index (χ4v) is 11.0.